The summed E-state index contributed by atoms with van der Waals surface area (Å²) in [4.78, 5) is 2.29. The molecule has 2 N–H and O–H groups in total. The highest BCUT2D eigenvalue weighted by Gasteiger charge is 2.18. The molecule has 84 valence electrons. The van der Waals surface area contributed by atoms with E-state index in [1.54, 1.807) is 13.4 Å². The molecule has 0 fully saturated rings. The lowest BCUT2D eigenvalue weighted by molar-refractivity contribution is 0.140. The highest BCUT2D eigenvalue weighted by atomic mass is 16.5. The SMILES string of the molecule is COCC(N)CN1CCn2cnnc2C1. The molecular formula is C9H17N5O. The van der Waals surface area contributed by atoms with Gasteiger partial charge in [0.1, 0.15) is 12.2 Å². The van der Waals surface area contributed by atoms with Gasteiger partial charge >= 0.3 is 0 Å². The monoisotopic (exact) mass is 211 g/mol. The Balaban J connectivity index is 1.87. The van der Waals surface area contributed by atoms with Gasteiger partial charge in [-0.05, 0) is 0 Å². The van der Waals surface area contributed by atoms with Crippen molar-refractivity contribution >= 4 is 0 Å². The van der Waals surface area contributed by atoms with Gasteiger partial charge in [0.25, 0.3) is 0 Å². The molecule has 6 heteroatoms. The van der Waals surface area contributed by atoms with E-state index in [2.05, 4.69) is 19.7 Å². The summed E-state index contributed by atoms with van der Waals surface area (Å²) in [5, 5.41) is 7.94. The molecule has 1 unspecified atom stereocenters. The third-order valence-corrected chi connectivity index (χ3v) is 2.59. The molecule has 0 saturated heterocycles. The smallest absolute Gasteiger partial charge is 0.147 e. The van der Waals surface area contributed by atoms with Crippen molar-refractivity contribution in [3.8, 4) is 0 Å². The van der Waals surface area contributed by atoms with Crippen molar-refractivity contribution in [2.24, 2.45) is 5.73 Å². The zero-order valence-corrected chi connectivity index (χ0v) is 8.96. The molecule has 2 heterocycles. The molecule has 0 spiro atoms. The molecule has 0 amide bonds. The van der Waals surface area contributed by atoms with E-state index in [1.807, 2.05) is 0 Å². The average molecular weight is 211 g/mol. The quantitative estimate of drug-likeness (QED) is 0.696. The Morgan fingerprint density at radius 3 is 3.27 bits per heavy atom. The highest BCUT2D eigenvalue weighted by Crippen LogP contribution is 2.08. The summed E-state index contributed by atoms with van der Waals surface area (Å²) in [6.07, 6.45) is 1.78. The van der Waals surface area contributed by atoms with Crippen LogP contribution >= 0.6 is 0 Å². The normalized spacial score (nSPS) is 18.8. The second-order valence-electron chi connectivity index (χ2n) is 3.89. The Morgan fingerprint density at radius 2 is 2.47 bits per heavy atom. The number of nitrogens with two attached hydrogens (primary N) is 1. The van der Waals surface area contributed by atoms with E-state index < -0.39 is 0 Å². The Labute approximate surface area is 89.0 Å². The number of hydrogen-bond acceptors (Lipinski definition) is 5. The van der Waals surface area contributed by atoms with Crippen LogP contribution in [0.1, 0.15) is 5.82 Å². The van der Waals surface area contributed by atoms with Crippen molar-refractivity contribution in [1.29, 1.82) is 0 Å². The van der Waals surface area contributed by atoms with Crippen molar-refractivity contribution in [3.63, 3.8) is 0 Å². The maximum absolute atomic E-state index is 5.90. The van der Waals surface area contributed by atoms with Gasteiger partial charge in [-0.1, -0.05) is 0 Å². The van der Waals surface area contributed by atoms with Crippen molar-refractivity contribution in [2.75, 3.05) is 26.8 Å². The van der Waals surface area contributed by atoms with E-state index in [4.69, 9.17) is 10.5 Å². The van der Waals surface area contributed by atoms with Gasteiger partial charge in [0.15, 0.2) is 0 Å². The van der Waals surface area contributed by atoms with Crippen LogP contribution in [-0.4, -0.2) is 52.5 Å². The third-order valence-electron chi connectivity index (χ3n) is 2.59. The maximum atomic E-state index is 5.90. The minimum Gasteiger partial charge on any atom is -0.383 e. The van der Waals surface area contributed by atoms with Crippen molar-refractivity contribution in [3.05, 3.63) is 12.2 Å². The highest BCUT2D eigenvalue weighted by molar-refractivity contribution is 4.90. The summed E-state index contributed by atoms with van der Waals surface area (Å²) in [7, 11) is 1.67. The minimum atomic E-state index is 0.0736. The first-order chi connectivity index (χ1) is 7.29. The van der Waals surface area contributed by atoms with Crippen molar-refractivity contribution < 1.29 is 4.74 Å². The van der Waals surface area contributed by atoms with Crippen LogP contribution in [0.25, 0.3) is 0 Å². The lowest BCUT2D eigenvalue weighted by Gasteiger charge is -2.28. The first-order valence-corrected chi connectivity index (χ1v) is 5.13. The van der Waals surface area contributed by atoms with Gasteiger partial charge < -0.3 is 15.0 Å². The van der Waals surface area contributed by atoms with Gasteiger partial charge in [0.05, 0.1) is 13.2 Å². The van der Waals surface area contributed by atoms with Gasteiger partial charge in [0, 0.05) is 32.8 Å². The maximum Gasteiger partial charge on any atom is 0.147 e. The fourth-order valence-corrected chi connectivity index (χ4v) is 1.87. The first kappa shape index (κ1) is 10.5. The summed E-state index contributed by atoms with van der Waals surface area (Å²) in [6, 6.07) is 0.0736. The topological polar surface area (TPSA) is 69.2 Å². The number of rotatable bonds is 4. The second kappa shape index (κ2) is 4.69. The summed E-state index contributed by atoms with van der Waals surface area (Å²) >= 11 is 0. The zero-order chi connectivity index (χ0) is 10.7. The largest absolute Gasteiger partial charge is 0.383 e. The molecule has 0 saturated carbocycles. The Hall–Kier alpha value is -0.980. The summed E-state index contributed by atoms with van der Waals surface area (Å²) in [5.41, 5.74) is 5.90. The Bertz CT molecular complexity index is 313. The van der Waals surface area contributed by atoms with Gasteiger partial charge in [-0.2, -0.15) is 0 Å². The van der Waals surface area contributed by atoms with Crippen LogP contribution in [0, 0.1) is 0 Å². The van der Waals surface area contributed by atoms with Crippen LogP contribution in [-0.2, 0) is 17.8 Å². The Morgan fingerprint density at radius 1 is 1.60 bits per heavy atom. The molecule has 1 aliphatic heterocycles. The number of aromatic nitrogens is 3. The lowest BCUT2D eigenvalue weighted by atomic mass is 10.2. The summed E-state index contributed by atoms with van der Waals surface area (Å²) < 4.78 is 7.10. The minimum absolute atomic E-state index is 0.0736. The number of ether oxygens (including phenoxy) is 1. The molecule has 0 aromatic carbocycles. The third kappa shape index (κ3) is 2.53. The number of methoxy groups -OCH3 is 1. The van der Waals surface area contributed by atoms with Crippen LogP contribution in [0.5, 0.6) is 0 Å². The van der Waals surface area contributed by atoms with E-state index in [9.17, 15) is 0 Å². The van der Waals surface area contributed by atoms with Crippen LogP contribution < -0.4 is 5.73 Å². The fraction of sp³-hybridized carbons (Fsp3) is 0.778. The van der Waals surface area contributed by atoms with E-state index in [1.165, 1.54) is 0 Å². The van der Waals surface area contributed by atoms with Gasteiger partial charge in [-0.3, -0.25) is 4.90 Å². The van der Waals surface area contributed by atoms with E-state index in [-0.39, 0.29) is 6.04 Å². The van der Waals surface area contributed by atoms with Gasteiger partial charge in [0.2, 0.25) is 0 Å². The van der Waals surface area contributed by atoms with Crippen molar-refractivity contribution in [2.45, 2.75) is 19.1 Å². The van der Waals surface area contributed by atoms with Crippen LogP contribution in [0.4, 0.5) is 0 Å². The van der Waals surface area contributed by atoms with Gasteiger partial charge in [-0.25, -0.2) is 0 Å². The predicted octanol–water partition coefficient (Wildman–Crippen LogP) is -0.933. The molecule has 1 aromatic rings. The molecular weight excluding hydrogens is 194 g/mol. The first-order valence-electron chi connectivity index (χ1n) is 5.13. The molecule has 0 bridgehead atoms. The molecule has 1 aromatic heterocycles. The lowest BCUT2D eigenvalue weighted by Crippen LogP contribution is -2.43. The number of hydrogen-bond donors (Lipinski definition) is 1. The predicted molar refractivity (Wildman–Crippen MR) is 55.2 cm³/mol. The molecule has 1 atom stereocenters. The van der Waals surface area contributed by atoms with Crippen LogP contribution in [0.3, 0.4) is 0 Å². The number of fused-ring (bicyclic) bond motifs is 1. The molecule has 15 heavy (non-hydrogen) atoms. The van der Waals surface area contributed by atoms with Gasteiger partial charge in [-0.15, -0.1) is 10.2 Å². The number of nitrogens with zero attached hydrogens (tertiary/aromatic N) is 4. The Kier molecular flexibility index (Phi) is 3.30. The van der Waals surface area contributed by atoms with Crippen LogP contribution in [0.15, 0.2) is 6.33 Å². The second-order valence-corrected chi connectivity index (χ2v) is 3.89. The fourth-order valence-electron chi connectivity index (χ4n) is 1.87. The van der Waals surface area contributed by atoms with Crippen molar-refractivity contribution in [1.82, 2.24) is 19.7 Å². The standard InChI is InChI=1S/C9H17N5O/c1-15-6-8(10)4-13-2-3-14-7-11-12-9(14)5-13/h7-8H,2-6,10H2,1H3. The molecule has 2 rings (SSSR count). The molecule has 1 aliphatic rings. The molecule has 0 aliphatic carbocycles. The van der Waals surface area contributed by atoms with E-state index in [0.717, 1.165) is 32.0 Å². The zero-order valence-electron chi connectivity index (χ0n) is 8.96. The van der Waals surface area contributed by atoms with E-state index in [0.29, 0.717) is 6.61 Å². The molecule has 6 nitrogen and oxygen atoms in total. The van der Waals surface area contributed by atoms with E-state index >= 15 is 0 Å². The average Bonchev–Trinajstić information content (AvgIpc) is 2.65. The summed E-state index contributed by atoms with van der Waals surface area (Å²) in [6.45, 7) is 4.23. The molecule has 0 radical (unpaired) electrons. The summed E-state index contributed by atoms with van der Waals surface area (Å²) in [5.74, 6) is 1.02. The van der Waals surface area contributed by atoms with Crippen LogP contribution in [0.2, 0.25) is 0 Å².